The Morgan fingerprint density at radius 3 is 2.82 bits per heavy atom. The molecule has 1 atom stereocenters. The summed E-state index contributed by atoms with van der Waals surface area (Å²) in [6, 6.07) is 4.66. The average molecular weight is 238 g/mol. The largest absolute Gasteiger partial charge is 0.468 e. The number of aliphatic hydroxyl groups excluding tert-OH is 1. The molecule has 1 saturated carbocycles. The SMILES string of the molecule is NCC(c1ccco1)N(CCCO)C1CCC1. The molecule has 17 heavy (non-hydrogen) atoms. The molecule has 1 heterocycles. The molecule has 1 aromatic rings. The number of hydrogen-bond donors (Lipinski definition) is 2. The van der Waals surface area contributed by atoms with Gasteiger partial charge in [-0.3, -0.25) is 4.90 Å². The van der Waals surface area contributed by atoms with Crippen LogP contribution in [0.4, 0.5) is 0 Å². The molecule has 1 aromatic heterocycles. The molecule has 3 N–H and O–H groups in total. The van der Waals surface area contributed by atoms with Crippen molar-refractivity contribution in [1.82, 2.24) is 4.90 Å². The zero-order valence-electron chi connectivity index (χ0n) is 10.2. The lowest BCUT2D eigenvalue weighted by molar-refractivity contribution is 0.0646. The van der Waals surface area contributed by atoms with Crippen LogP contribution in [0, 0.1) is 0 Å². The molecule has 4 heteroatoms. The van der Waals surface area contributed by atoms with Gasteiger partial charge in [-0.05, 0) is 31.4 Å². The first-order chi connectivity index (χ1) is 8.36. The second kappa shape index (κ2) is 6.19. The van der Waals surface area contributed by atoms with Gasteiger partial charge in [0.1, 0.15) is 5.76 Å². The topological polar surface area (TPSA) is 62.6 Å². The van der Waals surface area contributed by atoms with Crippen LogP contribution in [0.5, 0.6) is 0 Å². The summed E-state index contributed by atoms with van der Waals surface area (Å²) < 4.78 is 5.48. The minimum atomic E-state index is 0.154. The zero-order valence-corrected chi connectivity index (χ0v) is 10.2. The van der Waals surface area contributed by atoms with Gasteiger partial charge in [0.2, 0.25) is 0 Å². The molecule has 4 nitrogen and oxygen atoms in total. The lowest BCUT2D eigenvalue weighted by Crippen LogP contribution is -2.45. The van der Waals surface area contributed by atoms with Gasteiger partial charge in [0.25, 0.3) is 0 Å². The van der Waals surface area contributed by atoms with Crippen LogP contribution in [-0.2, 0) is 0 Å². The van der Waals surface area contributed by atoms with Crippen LogP contribution in [-0.4, -0.2) is 35.7 Å². The fourth-order valence-corrected chi connectivity index (χ4v) is 2.46. The van der Waals surface area contributed by atoms with Gasteiger partial charge in [-0.15, -0.1) is 0 Å². The van der Waals surface area contributed by atoms with E-state index in [2.05, 4.69) is 4.90 Å². The number of furan rings is 1. The van der Waals surface area contributed by atoms with Crippen LogP contribution in [0.25, 0.3) is 0 Å². The fraction of sp³-hybridized carbons (Fsp3) is 0.692. The van der Waals surface area contributed by atoms with Gasteiger partial charge in [-0.25, -0.2) is 0 Å². The molecule has 0 spiro atoms. The second-order valence-electron chi connectivity index (χ2n) is 4.67. The third-order valence-corrected chi connectivity index (χ3v) is 3.61. The van der Waals surface area contributed by atoms with E-state index >= 15 is 0 Å². The molecular weight excluding hydrogens is 216 g/mol. The van der Waals surface area contributed by atoms with Crippen LogP contribution < -0.4 is 5.73 Å². The predicted octanol–water partition coefficient (Wildman–Crippen LogP) is 1.52. The summed E-state index contributed by atoms with van der Waals surface area (Å²) in [7, 11) is 0. The monoisotopic (exact) mass is 238 g/mol. The molecule has 0 aliphatic heterocycles. The van der Waals surface area contributed by atoms with Crippen LogP contribution in [0.2, 0.25) is 0 Å². The number of rotatable bonds is 7. The smallest absolute Gasteiger partial charge is 0.122 e. The summed E-state index contributed by atoms with van der Waals surface area (Å²) in [5.41, 5.74) is 5.89. The Bertz CT molecular complexity index is 309. The summed E-state index contributed by atoms with van der Waals surface area (Å²) in [5, 5.41) is 8.99. The molecular formula is C13H22N2O2. The maximum Gasteiger partial charge on any atom is 0.122 e. The second-order valence-corrected chi connectivity index (χ2v) is 4.67. The van der Waals surface area contributed by atoms with E-state index in [4.69, 9.17) is 15.3 Å². The fourth-order valence-electron chi connectivity index (χ4n) is 2.46. The highest BCUT2D eigenvalue weighted by atomic mass is 16.3. The highest BCUT2D eigenvalue weighted by Crippen LogP contribution is 2.32. The van der Waals surface area contributed by atoms with Crippen molar-refractivity contribution in [1.29, 1.82) is 0 Å². The van der Waals surface area contributed by atoms with E-state index in [0.29, 0.717) is 12.6 Å². The molecule has 2 rings (SSSR count). The van der Waals surface area contributed by atoms with E-state index in [0.717, 1.165) is 18.7 Å². The first-order valence-electron chi connectivity index (χ1n) is 6.47. The summed E-state index contributed by atoms with van der Waals surface area (Å²) >= 11 is 0. The lowest BCUT2D eigenvalue weighted by atomic mass is 9.89. The van der Waals surface area contributed by atoms with E-state index in [1.54, 1.807) is 6.26 Å². The van der Waals surface area contributed by atoms with Crippen molar-refractivity contribution < 1.29 is 9.52 Å². The quantitative estimate of drug-likeness (QED) is 0.756. The van der Waals surface area contributed by atoms with Gasteiger partial charge < -0.3 is 15.3 Å². The van der Waals surface area contributed by atoms with Crippen molar-refractivity contribution in [3.8, 4) is 0 Å². The third-order valence-electron chi connectivity index (χ3n) is 3.61. The van der Waals surface area contributed by atoms with Crippen LogP contribution in [0.1, 0.15) is 37.5 Å². The molecule has 1 fully saturated rings. The number of nitrogens with two attached hydrogens (primary N) is 1. The van der Waals surface area contributed by atoms with Gasteiger partial charge in [0, 0.05) is 25.7 Å². The first kappa shape index (κ1) is 12.6. The Labute approximate surface area is 102 Å². The Hall–Kier alpha value is -0.840. The van der Waals surface area contributed by atoms with Crippen LogP contribution >= 0.6 is 0 Å². The molecule has 0 aromatic carbocycles. The molecule has 0 bridgehead atoms. The van der Waals surface area contributed by atoms with Crippen molar-refractivity contribution in [3.05, 3.63) is 24.2 Å². The molecule has 0 amide bonds. The Morgan fingerprint density at radius 1 is 1.53 bits per heavy atom. The van der Waals surface area contributed by atoms with Crippen molar-refractivity contribution in [2.24, 2.45) is 5.73 Å². The number of hydrogen-bond acceptors (Lipinski definition) is 4. The minimum absolute atomic E-state index is 0.154. The minimum Gasteiger partial charge on any atom is -0.468 e. The highest BCUT2D eigenvalue weighted by molar-refractivity contribution is 5.06. The Kier molecular flexibility index (Phi) is 4.59. The molecule has 0 radical (unpaired) electrons. The lowest BCUT2D eigenvalue weighted by Gasteiger charge is -2.41. The van der Waals surface area contributed by atoms with Gasteiger partial charge >= 0.3 is 0 Å². The molecule has 1 aliphatic carbocycles. The molecule has 1 aliphatic rings. The number of nitrogens with zero attached hydrogens (tertiary/aromatic N) is 1. The van der Waals surface area contributed by atoms with E-state index in [9.17, 15) is 0 Å². The van der Waals surface area contributed by atoms with Crippen molar-refractivity contribution in [2.75, 3.05) is 19.7 Å². The molecule has 96 valence electrons. The van der Waals surface area contributed by atoms with Crippen LogP contribution in [0.3, 0.4) is 0 Å². The summed E-state index contributed by atoms with van der Waals surface area (Å²) in [6.45, 7) is 1.69. The zero-order chi connectivity index (χ0) is 12.1. The third kappa shape index (κ3) is 2.89. The average Bonchev–Trinajstić information content (AvgIpc) is 2.77. The highest BCUT2D eigenvalue weighted by Gasteiger charge is 2.31. The standard InChI is InChI=1S/C13H22N2O2/c14-10-12(13-6-2-9-17-13)15(7-3-8-16)11-4-1-5-11/h2,6,9,11-12,16H,1,3-5,7-8,10,14H2. The van der Waals surface area contributed by atoms with E-state index < -0.39 is 0 Å². The maximum absolute atomic E-state index is 8.99. The van der Waals surface area contributed by atoms with Crippen LogP contribution in [0.15, 0.2) is 22.8 Å². The Morgan fingerprint density at radius 2 is 2.35 bits per heavy atom. The first-order valence-corrected chi connectivity index (χ1v) is 6.47. The van der Waals surface area contributed by atoms with Gasteiger partial charge in [-0.1, -0.05) is 6.42 Å². The van der Waals surface area contributed by atoms with Crippen molar-refractivity contribution in [2.45, 2.75) is 37.8 Å². The van der Waals surface area contributed by atoms with Crippen molar-refractivity contribution >= 4 is 0 Å². The van der Waals surface area contributed by atoms with E-state index in [-0.39, 0.29) is 12.6 Å². The van der Waals surface area contributed by atoms with Gasteiger partial charge in [0.15, 0.2) is 0 Å². The summed E-state index contributed by atoms with van der Waals surface area (Å²) in [5.74, 6) is 0.942. The van der Waals surface area contributed by atoms with Gasteiger partial charge in [0.05, 0.1) is 12.3 Å². The maximum atomic E-state index is 8.99. The van der Waals surface area contributed by atoms with E-state index in [1.807, 2.05) is 12.1 Å². The Balaban J connectivity index is 2.05. The van der Waals surface area contributed by atoms with E-state index in [1.165, 1.54) is 19.3 Å². The summed E-state index contributed by atoms with van der Waals surface area (Å²) in [4.78, 5) is 2.40. The normalized spacial score (nSPS) is 18.3. The molecule has 0 saturated heterocycles. The molecule has 1 unspecified atom stereocenters. The number of aliphatic hydroxyl groups is 1. The van der Waals surface area contributed by atoms with Gasteiger partial charge in [-0.2, -0.15) is 0 Å². The summed E-state index contributed by atoms with van der Waals surface area (Å²) in [6.07, 6.45) is 6.28. The predicted molar refractivity (Wildman–Crippen MR) is 66.6 cm³/mol. The van der Waals surface area contributed by atoms with Crippen molar-refractivity contribution in [3.63, 3.8) is 0 Å².